The lowest BCUT2D eigenvalue weighted by Gasteiger charge is -2.29. The summed E-state index contributed by atoms with van der Waals surface area (Å²) in [6.07, 6.45) is 2.54. The van der Waals surface area contributed by atoms with E-state index < -0.39 is 17.8 Å². The van der Waals surface area contributed by atoms with Crippen molar-refractivity contribution in [3.05, 3.63) is 29.8 Å². The molecule has 5 nitrogen and oxygen atoms in total. The molecule has 0 bridgehead atoms. The third-order valence-electron chi connectivity index (χ3n) is 3.84. The van der Waals surface area contributed by atoms with Crippen LogP contribution in [0.1, 0.15) is 51.7 Å². The minimum Gasteiger partial charge on any atom is -0.444 e. The topological polar surface area (TPSA) is 61.8 Å². The minimum absolute atomic E-state index is 0.137. The Morgan fingerprint density at radius 2 is 1.83 bits per heavy atom. The number of alkyl carbamates (subject to hydrolysis) is 1. The molecule has 0 saturated carbocycles. The van der Waals surface area contributed by atoms with E-state index in [1.807, 2.05) is 45.0 Å². The largest absolute Gasteiger partial charge is 0.444 e. The number of aliphatic hydroxyl groups excluding tert-OH is 1. The fraction of sp³-hybridized carbons (Fsp3) is 0.611. The second-order valence-electron chi connectivity index (χ2n) is 7.04. The maximum atomic E-state index is 11.6. The molecule has 0 aliphatic carbocycles. The van der Waals surface area contributed by atoms with Crippen molar-refractivity contribution in [3.8, 4) is 0 Å². The van der Waals surface area contributed by atoms with Crippen molar-refractivity contribution in [3.63, 3.8) is 0 Å². The van der Waals surface area contributed by atoms with Crippen LogP contribution in [0.2, 0.25) is 0 Å². The van der Waals surface area contributed by atoms with E-state index in [0.29, 0.717) is 0 Å². The molecule has 0 unspecified atom stereocenters. The van der Waals surface area contributed by atoms with Gasteiger partial charge in [0.05, 0.1) is 12.6 Å². The zero-order valence-corrected chi connectivity index (χ0v) is 14.3. The molecule has 1 atom stereocenters. The quantitative estimate of drug-likeness (QED) is 0.894. The van der Waals surface area contributed by atoms with Gasteiger partial charge in [0.25, 0.3) is 0 Å². The summed E-state index contributed by atoms with van der Waals surface area (Å²) in [5.74, 6) is 0. The van der Waals surface area contributed by atoms with Crippen LogP contribution in [-0.2, 0) is 4.74 Å². The second-order valence-corrected chi connectivity index (χ2v) is 7.04. The lowest BCUT2D eigenvalue weighted by molar-refractivity contribution is 0.0492. The lowest BCUT2D eigenvalue weighted by atomic mass is 10.1. The highest BCUT2D eigenvalue weighted by Crippen LogP contribution is 2.22. The van der Waals surface area contributed by atoms with Crippen molar-refractivity contribution in [1.82, 2.24) is 5.32 Å². The van der Waals surface area contributed by atoms with Crippen LogP contribution in [0.3, 0.4) is 0 Å². The molecule has 5 heteroatoms. The maximum Gasteiger partial charge on any atom is 0.407 e. The molecule has 2 rings (SSSR count). The van der Waals surface area contributed by atoms with Crippen LogP contribution in [-0.4, -0.2) is 36.4 Å². The second kappa shape index (κ2) is 7.68. The summed E-state index contributed by atoms with van der Waals surface area (Å²) in [5.41, 5.74) is 1.45. The summed E-state index contributed by atoms with van der Waals surface area (Å²) in [7, 11) is 0. The van der Waals surface area contributed by atoms with Crippen LogP contribution < -0.4 is 10.2 Å². The predicted octanol–water partition coefficient (Wildman–Crippen LogP) is 3.24. The first-order valence-electron chi connectivity index (χ1n) is 8.35. The molecule has 23 heavy (non-hydrogen) atoms. The molecule has 0 aromatic heterocycles. The van der Waals surface area contributed by atoms with E-state index in [0.717, 1.165) is 18.7 Å². The summed E-state index contributed by atoms with van der Waals surface area (Å²) in [5, 5.41) is 12.8. The molecule has 2 N–H and O–H groups in total. The van der Waals surface area contributed by atoms with E-state index >= 15 is 0 Å². The number of piperidine rings is 1. The van der Waals surface area contributed by atoms with E-state index in [-0.39, 0.29) is 6.54 Å². The van der Waals surface area contributed by atoms with E-state index in [1.54, 1.807) is 0 Å². The van der Waals surface area contributed by atoms with Crippen molar-refractivity contribution in [2.45, 2.75) is 51.7 Å². The van der Waals surface area contributed by atoms with E-state index in [2.05, 4.69) is 10.2 Å². The van der Waals surface area contributed by atoms with E-state index in [1.165, 1.54) is 24.9 Å². The van der Waals surface area contributed by atoms with Crippen LogP contribution in [0.4, 0.5) is 10.5 Å². The summed E-state index contributed by atoms with van der Waals surface area (Å²) in [6.45, 7) is 7.76. The van der Waals surface area contributed by atoms with Gasteiger partial charge in [-0.15, -0.1) is 0 Å². The van der Waals surface area contributed by atoms with Crippen LogP contribution in [0, 0.1) is 0 Å². The molecule has 128 valence electrons. The molecule has 1 aliphatic rings. The summed E-state index contributed by atoms with van der Waals surface area (Å²) in [6, 6.07) is 7.92. The number of nitrogens with one attached hydrogen (secondary N) is 1. The Bertz CT molecular complexity index is 502. The average molecular weight is 320 g/mol. The van der Waals surface area contributed by atoms with Gasteiger partial charge in [-0.1, -0.05) is 12.1 Å². The smallest absolute Gasteiger partial charge is 0.407 e. The highest BCUT2D eigenvalue weighted by Gasteiger charge is 2.17. The minimum atomic E-state index is -0.738. The Hall–Kier alpha value is -1.75. The van der Waals surface area contributed by atoms with Crippen molar-refractivity contribution in [2.75, 3.05) is 24.5 Å². The number of carbonyl (C=O) groups is 1. The predicted molar refractivity (Wildman–Crippen MR) is 91.7 cm³/mol. The fourth-order valence-electron chi connectivity index (χ4n) is 2.67. The van der Waals surface area contributed by atoms with Gasteiger partial charge in [0.2, 0.25) is 0 Å². The molecular formula is C18H28N2O3. The Morgan fingerprint density at radius 3 is 2.39 bits per heavy atom. The highest BCUT2D eigenvalue weighted by atomic mass is 16.6. The zero-order valence-electron chi connectivity index (χ0n) is 14.3. The molecule has 1 amide bonds. The number of benzene rings is 1. The molecule has 1 aromatic rings. The van der Waals surface area contributed by atoms with Gasteiger partial charge in [0.1, 0.15) is 5.60 Å². The number of hydrogen-bond acceptors (Lipinski definition) is 4. The number of hydrogen-bond donors (Lipinski definition) is 2. The average Bonchev–Trinajstić information content (AvgIpc) is 2.52. The van der Waals surface area contributed by atoms with Crippen LogP contribution >= 0.6 is 0 Å². The standard InChI is InChI=1S/C18H28N2O3/c1-18(2,3)23-17(22)19-13-16(21)14-7-9-15(10-8-14)20-11-5-4-6-12-20/h7-10,16,21H,4-6,11-13H2,1-3H3,(H,19,22)/t16-/m0/s1. The number of amides is 1. The monoisotopic (exact) mass is 320 g/mol. The molecule has 0 spiro atoms. The summed E-state index contributed by atoms with van der Waals surface area (Å²) < 4.78 is 5.15. The van der Waals surface area contributed by atoms with Crippen molar-refractivity contribution < 1.29 is 14.6 Å². The number of aliphatic hydroxyl groups is 1. The normalized spacial score (nSPS) is 16.8. The molecule has 0 radical (unpaired) electrons. The first kappa shape index (κ1) is 17.6. The van der Waals surface area contributed by atoms with Gasteiger partial charge >= 0.3 is 6.09 Å². The number of ether oxygens (including phenoxy) is 1. The number of anilines is 1. The fourth-order valence-corrected chi connectivity index (χ4v) is 2.67. The first-order chi connectivity index (χ1) is 10.8. The molecule has 1 aromatic carbocycles. The Labute approximate surface area is 138 Å². The van der Waals surface area contributed by atoms with Crippen LogP contribution in [0.25, 0.3) is 0 Å². The SMILES string of the molecule is CC(C)(C)OC(=O)NC[C@H](O)c1ccc(N2CCCCC2)cc1. The third kappa shape index (κ3) is 5.75. The van der Waals surface area contributed by atoms with Crippen LogP contribution in [0.15, 0.2) is 24.3 Å². The summed E-state index contributed by atoms with van der Waals surface area (Å²) >= 11 is 0. The van der Waals surface area contributed by atoms with Crippen molar-refractivity contribution in [1.29, 1.82) is 0 Å². The van der Waals surface area contributed by atoms with Crippen molar-refractivity contribution in [2.24, 2.45) is 0 Å². The highest BCUT2D eigenvalue weighted by molar-refractivity contribution is 5.67. The van der Waals surface area contributed by atoms with E-state index in [4.69, 9.17) is 4.74 Å². The molecule has 1 fully saturated rings. The number of rotatable bonds is 4. The molecule has 1 saturated heterocycles. The van der Waals surface area contributed by atoms with Gasteiger partial charge in [0, 0.05) is 18.8 Å². The van der Waals surface area contributed by atoms with Gasteiger partial charge in [-0.05, 0) is 57.7 Å². The Balaban J connectivity index is 1.85. The van der Waals surface area contributed by atoms with Gasteiger partial charge in [0.15, 0.2) is 0 Å². The Morgan fingerprint density at radius 1 is 1.22 bits per heavy atom. The van der Waals surface area contributed by atoms with Crippen LogP contribution in [0.5, 0.6) is 0 Å². The Kier molecular flexibility index (Phi) is 5.88. The zero-order chi connectivity index (χ0) is 16.9. The van der Waals surface area contributed by atoms with E-state index in [9.17, 15) is 9.90 Å². The lowest BCUT2D eigenvalue weighted by Crippen LogP contribution is -2.34. The third-order valence-corrected chi connectivity index (χ3v) is 3.84. The maximum absolute atomic E-state index is 11.6. The number of nitrogens with zero attached hydrogens (tertiary/aromatic N) is 1. The molecule has 1 heterocycles. The number of carbonyl (C=O) groups excluding carboxylic acids is 1. The molecule has 1 aliphatic heterocycles. The van der Waals surface area contributed by atoms with Gasteiger partial charge < -0.3 is 20.1 Å². The summed E-state index contributed by atoms with van der Waals surface area (Å²) in [4.78, 5) is 14.0. The van der Waals surface area contributed by atoms with Gasteiger partial charge in [-0.2, -0.15) is 0 Å². The van der Waals surface area contributed by atoms with Gasteiger partial charge in [-0.25, -0.2) is 4.79 Å². The molecular weight excluding hydrogens is 292 g/mol. The van der Waals surface area contributed by atoms with Gasteiger partial charge in [-0.3, -0.25) is 0 Å². The van der Waals surface area contributed by atoms with Crippen molar-refractivity contribution >= 4 is 11.8 Å². The first-order valence-corrected chi connectivity index (χ1v) is 8.35.